The maximum atomic E-state index is 12.1. The highest BCUT2D eigenvalue weighted by atomic mass is 16.6. The van der Waals surface area contributed by atoms with Crippen LogP contribution in [0.25, 0.3) is 0 Å². The molecule has 1 atom stereocenters. The number of hydrogen-bond donors (Lipinski definition) is 1. The summed E-state index contributed by atoms with van der Waals surface area (Å²) in [5.41, 5.74) is -0.233. The van der Waals surface area contributed by atoms with Crippen LogP contribution in [0.1, 0.15) is 24.7 Å². The lowest BCUT2D eigenvalue weighted by Gasteiger charge is -2.19. The quantitative estimate of drug-likeness (QED) is 0.638. The fourth-order valence-electron chi connectivity index (χ4n) is 2.49. The molecule has 1 unspecified atom stereocenters. The molecular formula is C12H18N4O4. The largest absolute Gasteiger partial charge is 0.388 e. The van der Waals surface area contributed by atoms with Crippen molar-refractivity contribution >= 4 is 11.6 Å². The number of nitro groups is 1. The van der Waals surface area contributed by atoms with Crippen molar-refractivity contribution < 1.29 is 14.8 Å². The van der Waals surface area contributed by atoms with Gasteiger partial charge in [0.15, 0.2) is 0 Å². The molecule has 1 aliphatic rings. The molecule has 8 nitrogen and oxygen atoms in total. The molecule has 0 aliphatic carbocycles. The van der Waals surface area contributed by atoms with E-state index in [4.69, 9.17) is 0 Å². The third-order valence-electron chi connectivity index (χ3n) is 3.62. The average molecular weight is 282 g/mol. The van der Waals surface area contributed by atoms with Crippen LogP contribution in [0.4, 0.5) is 5.69 Å². The molecule has 2 heterocycles. The van der Waals surface area contributed by atoms with E-state index in [1.807, 2.05) is 0 Å². The van der Waals surface area contributed by atoms with Gasteiger partial charge in [-0.2, -0.15) is 5.10 Å². The molecule has 1 saturated heterocycles. The number of aliphatic hydroxyl groups is 1. The van der Waals surface area contributed by atoms with Crippen LogP contribution in [-0.2, 0) is 11.3 Å². The summed E-state index contributed by atoms with van der Waals surface area (Å²) in [5, 5.41) is 24.8. The van der Waals surface area contributed by atoms with Crippen LogP contribution in [0.3, 0.4) is 0 Å². The lowest BCUT2D eigenvalue weighted by atomic mass is 10.1. The molecule has 0 bridgehead atoms. The van der Waals surface area contributed by atoms with Gasteiger partial charge in [-0.05, 0) is 27.2 Å². The summed E-state index contributed by atoms with van der Waals surface area (Å²) >= 11 is 0. The fraction of sp³-hybridized carbons (Fsp3) is 0.667. The first-order valence-corrected chi connectivity index (χ1v) is 6.40. The first-order chi connectivity index (χ1) is 9.21. The Labute approximate surface area is 116 Å². The summed E-state index contributed by atoms with van der Waals surface area (Å²) in [7, 11) is 0. The highest BCUT2D eigenvalue weighted by Gasteiger charge is 2.34. The van der Waals surface area contributed by atoms with E-state index in [2.05, 4.69) is 5.10 Å². The lowest BCUT2D eigenvalue weighted by Crippen LogP contribution is -2.36. The smallest absolute Gasteiger partial charge is 0.312 e. The second-order valence-electron chi connectivity index (χ2n) is 5.50. The summed E-state index contributed by atoms with van der Waals surface area (Å²) in [6, 6.07) is 0. The molecule has 110 valence electrons. The average Bonchev–Trinajstić information content (AvgIpc) is 2.80. The Morgan fingerprint density at radius 2 is 2.20 bits per heavy atom. The Hall–Kier alpha value is -1.96. The van der Waals surface area contributed by atoms with Crippen molar-refractivity contribution in [1.82, 2.24) is 14.7 Å². The molecule has 0 aromatic carbocycles. The van der Waals surface area contributed by atoms with Crippen LogP contribution in [0, 0.1) is 24.0 Å². The lowest BCUT2D eigenvalue weighted by molar-refractivity contribution is -0.386. The van der Waals surface area contributed by atoms with Crippen molar-refractivity contribution in [1.29, 1.82) is 0 Å². The van der Waals surface area contributed by atoms with Crippen LogP contribution >= 0.6 is 0 Å². The molecule has 1 aromatic rings. The standard InChI is InChI=1S/C12H18N4O4/c1-8-11(16(19)20)9(2)15(13-8)6-10(17)14-5-4-12(3,18)7-14/h18H,4-7H2,1-3H3. The first-order valence-electron chi connectivity index (χ1n) is 6.40. The Balaban J connectivity index is 2.13. The van der Waals surface area contributed by atoms with Crippen LogP contribution in [-0.4, -0.2) is 49.3 Å². The summed E-state index contributed by atoms with van der Waals surface area (Å²) in [6.45, 7) is 5.55. The second kappa shape index (κ2) is 4.86. The summed E-state index contributed by atoms with van der Waals surface area (Å²) in [5.74, 6) is -0.191. The zero-order valence-corrected chi connectivity index (χ0v) is 11.8. The van der Waals surface area contributed by atoms with E-state index in [9.17, 15) is 20.0 Å². The number of amides is 1. The highest BCUT2D eigenvalue weighted by molar-refractivity contribution is 5.76. The maximum Gasteiger partial charge on any atom is 0.312 e. The Morgan fingerprint density at radius 1 is 1.55 bits per heavy atom. The van der Waals surface area contributed by atoms with Crippen LogP contribution in [0.2, 0.25) is 0 Å². The monoisotopic (exact) mass is 282 g/mol. The molecule has 8 heteroatoms. The molecule has 0 spiro atoms. The van der Waals surface area contributed by atoms with Crippen molar-refractivity contribution in [3.8, 4) is 0 Å². The van der Waals surface area contributed by atoms with Crippen LogP contribution in [0.15, 0.2) is 0 Å². The molecule has 20 heavy (non-hydrogen) atoms. The van der Waals surface area contributed by atoms with E-state index in [0.717, 1.165) is 0 Å². The third-order valence-corrected chi connectivity index (χ3v) is 3.62. The van der Waals surface area contributed by atoms with Crippen molar-refractivity contribution in [2.75, 3.05) is 13.1 Å². The summed E-state index contributed by atoms with van der Waals surface area (Å²) in [6.07, 6.45) is 0.538. The predicted molar refractivity (Wildman–Crippen MR) is 70.2 cm³/mol. The van der Waals surface area contributed by atoms with Gasteiger partial charge in [-0.3, -0.25) is 19.6 Å². The number of rotatable bonds is 3. The Bertz CT molecular complexity index is 564. The van der Waals surface area contributed by atoms with E-state index < -0.39 is 10.5 Å². The Morgan fingerprint density at radius 3 is 2.65 bits per heavy atom. The minimum atomic E-state index is -0.850. The predicted octanol–water partition coefficient (Wildman–Crippen LogP) is 0.391. The van der Waals surface area contributed by atoms with Gasteiger partial charge in [0.2, 0.25) is 5.91 Å². The number of aromatic nitrogens is 2. The van der Waals surface area contributed by atoms with E-state index in [-0.39, 0.29) is 24.7 Å². The van der Waals surface area contributed by atoms with E-state index in [1.54, 1.807) is 25.7 Å². The van der Waals surface area contributed by atoms with Crippen LogP contribution in [0.5, 0.6) is 0 Å². The zero-order valence-electron chi connectivity index (χ0n) is 11.8. The van der Waals surface area contributed by atoms with Crippen molar-refractivity contribution in [3.05, 3.63) is 21.5 Å². The molecule has 2 rings (SSSR count). The van der Waals surface area contributed by atoms with Crippen molar-refractivity contribution in [3.63, 3.8) is 0 Å². The van der Waals surface area contributed by atoms with Crippen molar-refractivity contribution in [2.45, 2.75) is 39.3 Å². The van der Waals surface area contributed by atoms with Gasteiger partial charge in [0.1, 0.15) is 17.9 Å². The van der Waals surface area contributed by atoms with Gasteiger partial charge in [-0.25, -0.2) is 0 Å². The molecule has 0 radical (unpaired) electrons. The first kappa shape index (κ1) is 14.4. The molecule has 1 N–H and O–H groups in total. The molecule has 1 aromatic heterocycles. The summed E-state index contributed by atoms with van der Waals surface area (Å²) in [4.78, 5) is 24.1. The minimum absolute atomic E-state index is 0.0450. The normalized spacial score (nSPS) is 22.3. The van der Waals surface area contributed by atoms with Crippen molar-refractivity contribution in [2.24, 2.45) is 0 Å². The van der Waals surface area contributed by atoms with E-state index in [1.165, 1.54) is 4.68 Å². The topological polar surface area (TPSA) is 102 Å². The molecule has 1 aliphatic heterocycles. The molecule has 1 amide bonds. The number of β-amino-alcohol motifs (C(OH)–C–C–N with tert-alkyl or cyclic N) is 1. The van der Waals surface area contributed by atoms with E-state index >= 15 is 0 Å². The summed E-state index contributed by atoms with van der Waals surface area (Å²) < 4.78 is 1.35. The van der Waals surface area contributed by atoms with Gasteiger partial charge in [0, 0.05) is 13.1 Å². The van der Waals surface area contributed by atoms with Gasteiger partial charge in [0.25, 0.3) is 0 Å². The van der Waals surface area contributed by atoms with Crippen LogP contribution < -0.4 is 0 Å². The molecular weight excluding hydrogens is 264 g/mol. The number of nitrogens with zero attached hydrogens (tertiary/aromatic N) is 4. The fourth-order valence-corrected chi connectivity index (χ4v) is 2.49. The molecule has 1 fully saturated rings. The number of carbonyl (C=O) groups excluding carboxylic acids is 1. The van der Waals surface area contributed by atoms with Gasteiger partial charge in [-0.1, -0.05) is 0 Å². The van der Waals surface area contributed by atoms with Gasteiger partial charge in [0.05, 0.1) is 10.5 Å². The molecule has 0 saturated carbocycles. The number of aryl methyl sites for hydroxylation is 1. The third kappa shape index (κ3) is 2.64. The van der Waals surface area contributed by atoms with Gasteiger partial charge >= 0.3 is 5.69 Å². The van der Waals surface area contributed by atoms with Gasteiger partial charge in [-0.15, -0.1) is 0 Å². The number of hydrogen-bond acceptors (Lipinski definition) is 5. The zero-order chi connectivity index (χ0) is 15.1. The number of carbonyl (C=O) groups is 1. The SMILES string of the molecule is Cc1nn(CC(=O)N2CCC(C)(O)C2)c(C)c1[N+](=O)[O-]. The number of likely N-dealkylation sites (tertiary alicyclic amines) is 1. The minimum Gasteiger partial charge on any atom is -0.388 e. The highest BCUT2D eigenvalue weighted by Crippen LogP contribution is 2.23. The maximum absolute atomic E-state index is 12.1. The van der Waals surface area contributed by atoms with E-state index in [0.29, 0.717) is 24.4 Å². The second-order valence-corrected chi connectivity index (χ2v) is 5.50. The van der Waals surface area contributed by atoms with Gasteiger partial charge < -0.3 is 10.0 Å². The Kier molecular flexibility index (Phi) is 3.51.